The lowest BCUT2D eigenvalue weighted by Crippen LogP contribution is -2.53. The largest absolute Gasteiger partial charge is 0.419 e. The number of hydrogen-bond donors (Lipinski definition) is 0. The van der Waals surface area contributed by atoms with Crippen LogP contribution < -0.4 is 0 Å². The molecule has 214 valence electrons. The fraction of sp³-hybridized carbons (Fsp3) is 0.480. The minimum absolute atomic E-state index is 0.145. The number of hydrogen-bond acceptors (Lipinski definition) is 4. The predicted molar refractivity (Wildman–Crippen MR) is 141 cm³/mol. The van der Waals surface area contributed by atoms with Crippen LogP contribution in [0.3, 0.4) is 0 Å². The first kappa shape index (κ1) is 29.9. The van der Waals surface area contributed by atoms with Gasteiger partial charge in [-0.05, 0) is 42.4 Å². The lowest BCUT2D eigenvalue weighted by Gasteiger charge is -2.35. The van der Waals surface area contributed by atoms with E-state index in [-0.39, 0.29) is 50.7 Å². The van der Waals surface area contributed by atoms with Crippen LogP contribution >= 0.6 is 23.2 Å². The van der Waals surface area contributed by atoms with Crippen molar-refractivity contribution in [3.05, 3.63) is 69.0 Å². The van der Waals surface area contributed by atoms with E-state index in [1.807, 2.05) is 11.0 Å². The maximum absolute atomic E-state index is 14.2. The molecule has 0 saturated carbocycles. The first-order valence-corrected chi connectivity index (χ1v) is 14.8. The summed E-state index contributed by atoms with van der Waals surface area (Å²) < 4.78 is 78.2. The third kappa shape index (κ3) is 6.79. The van der Waals surface area contributed by atoms with Gasteiger partial charge >= 0.3 is 12.2 Å². The first-order chi connectivity index (χ1) is 18.1. The molecule has 0 unspecified atom stereocenters. The smallest absolute Gasteiger partial charge is 0.322 e. The monoisotopic (exact) mass is 610 g/mol. The SMILES string of the molecule is CN(Cc1ccc(C(F)(F)F)c(F)c1)[C@@H]1CN(C(=O)N2CCN(S(C)(=O)=O)CC2)C[C@@H]1c1ccc(Cl)c(Cl)c1. The number of likely N-dealkylation sites (tertiary alicyclic amines) is 1. The number of benzene rings is 2. The summed E-state index contributed by atoms with van der Waals surface area (Å²) in [5, 5.41) is 0.724. The van der Waals surface area contributed by atoms with E-state index >= 15 is 0 Å². The average Bonchev–Trinajstić information content (AvgIpc) is 3.30. The molecule has 2 saturated heterocycles. The van der Waals surface area contributed by atoms with E-state index in [0.29, 0.717) is 28.7 Å². The highest BCUT2D eigenvalue weighted by molar-refractivity contribution is 7.88. The molecule has 0 aliphatic carbocycles. The number of halogens is 6. The van der Waals surface area contributed by atoms with Crippen molar-refractivity contribution < 1.29 is 30.8 Å². The summed E-state index contributed by atoms with van der Waals surface area (Å²) in [5.74, 6) is -1.56. The number of amides is 2. The Labute approximate surface area is 234 Å². The van der Waals surface area contributed by atoms with E-state index in [1.165, 1.54) is 10.4 Å². The highest BCUT2D eigenvalue weighted by atomic mass is 35.5. The summed E-state index contributed by atoms with van der Waals surface area (Å²) in [4.78, 5) is 18.6. The fourth-order valence-corrected chi connectivity index (χ4v) is 6.30. The lowest BCUT2D eigenvalue weighted by molar-refractivity contribution is -0.140. The number of piperazine rings is 1. The van der Waals surface area contributed by atoms with Gasteiger partial charge in [0.2, 0.25) is 10.0 Å². The third-order valence-electron chi connectivity index (χ3n) is 7.25. The van der Waals surface area contributed by atoms with Gasteiger partial charge in [-0.25, -0.2) is 17.6 Å². The number of carbonyl (C=O) groups excluding carboxylic acids is 1. The fourth-order valence-electron chi connectivity index (χ4n) is 5.16. The molecule has 2 fully saturated rings. The summed E-state index contributed by atoms with van der Waals surface area (Å²) in [7, 11) is -1.58. The highest BCUT2D eigenvalue weighted by Crippen LogP contribution is 2.36. The van der Waals surface area contributed by atoms with E-state index in [1.54, 1.807) is 29.0 Å². The van der Waals surface area contributed by atoms with Crippen LogP contribution in [-0.4, -0.2) is 92.1 Å². The van der Waals surface area contributed by atoms with Crippen LogP contribution in [0.15, 0.2) is 36.4 Å². The summed E-state index contributed by atoms with van der Waals surface area (Å²) in [6, 6.07) is 7.56. The highest BCUT2D eigenvalue weighted by Gasteiger charge is 2.41. The number of sulfonamides is 1. The van der Waals surface area contributed by atoms with Crippen molar-refractivity contribution in [3.8, 4) is 0 Å². The summed E-state index contributed by atoms with van der Waals surface area (Å²) in [6.07, 6.45) is -3.65. The number of carbonyl (C=O) groups is 1. The minimum Gasteiger partial charge on any atom is -0.322 e. The van der Waals surface area contributed by atoms with E-state index in [9.17, 15) is 30.8 Å². The molecule has 2 aliphatic heterocycles. The van der Waals surface area contributed by atoms with Crippen molar-refractivity contribution in [2.75, 3.05) is 52.6 Å². The van der Waals surface area contributed by atoms with Crippen LogP contribution in [0.4, 0.5) is 22.4 Å². The van der Waals surface area contributed by atoms with Gasteiger partial charge in [-0.15, -0.1) is 0 Å². The Morgan fingerprint density at radius 3 is 2.23 bits per heavy atom. The topological polar surface area (TPSA) is 64.2 Å². The second-order valence-electron chi connectivity index (χ2n) is 9.91. The van der Waals surface area contributed by atoms with Gasteiger partial charge in [-0.1, -0.05) is 35.3 Å². The van der Waals surface area contributed by atoms with Crippen LogP contribution in [0.1, 0.15) is 22.6 Å². The number of rotatable bonds is 5. The Hall–Kier alpha value is -2.12. The van der Waals surface area contributed by atoms with Crippen molar-refractivity contribution in [3.63, 3.8) is 0 Å². The number of urea groups is 1. The molecule has 2 aromatic rings. The Morgan fingerprint density at radius 1 is 1.00 bits per heavy atom. The van der Waals surface area contributed by atoms with Crippen molar-refractivity contribution >= 4 is 39.3 Å². The molecular weight excluding hydrogens is 583 g/mol. The van der Waals surface area contributed by atoms with Crippen molar-refractivity contribution in [2.24, 2.45) is 0 Å². The van der Waals surface area contributed by atoms with Crippen molar-refractivity contribution in [1.82, 2.24) is 19.0 Å². The van der Waals surface area contributed by atoms with Crippen LogP contribution in [-0.2, 0) is 22.7 Å². The predicted octanol–water partition coefficient (Wildman–Crippen LogP) is 4.75. The molecule has 2 heterocycles. The molecule has 2 aliphatic rings. The van der Waals surface area contributed by atoms with Gasteiger partial charge in [0.05, 0.1) is 21.9 Å². The lowest BCUT2D eigenvalue weighted by atomic mass is 9.93. The zero-order valence-corrected chi connectivity index (χ0v) is 23.6. The molecule has 7 nitrogen and oxygen atoms in total. The number of alkyl halides is 3. The van der Waals surface area contributed by atoms with Gasteiger partial charge in [-0.3, -0.25) is 4.90 Å². The maximum atomic E-state index is 14.2. The van der Waals surface area contributed by atoms with Gasteiger partial charge in [0.15, 0.2) is 0 Å². The molecule has 0 aromatic heterocycles. The molecule has 2 atom stereocenters. The molecule has 2 amide bonds. The Bertz CT molecular complexity index is 1340. The standard InChI is InChI=1S/C25H28Cl2F4N4O3S/c1-32(13-16-3-5-19(22(28)11-16)25(29,30)31)23-15-34(14-18(23)17-4-6-20(26)21(27)12-17)24(36)33-7-9-35(10-8-33)39(2,37)38/h3-6,11-12,18,23H,7-10,13-15H2,1-2H3/t18-,23-/m1/s1. The Balaban J connectivity index is 1.54. The molecule has 0 spiro atoms. The zero-order chi connectivity index (χ0) is 28.7. The van der Waals surface area contributed by atoms with Gasteiger partial charge in [0.1, 0.15) is 5.82 Å². The third-order valence-corrected chi connectivity index (χ3v) is 9.29. The Kier molecular flexibility index (Phi) is 8.73. The normalized spacial score (nSPS) is 21.2. The molecule has 0 N–H and O–H groups in total. The van der Waals surface area contributed by atoms with Crippen LogP contribution in [0, 0.1) is 5.82 Å². The van der Waals surface area contributed by atoms with Crippen LogP contribution in [0.2, 0.25) is 10.0 Å². The molecule has 14 heteroatoms. The van der Waals surface area contributed by atoms with Crippen LogP contribution in [0.5, 0.6) is 0 Å². The van der Waals surface area contributed by atoms with E-state index in [0.717, 1.165) is 24.0 Å². The number of likely N-dealkylation sites (N-methyl/N-ethyl adjacent to an activating group) is 1. The minimum atomic E-state index is -4.79. The second-order valence-corrected chi connectivity index (χ2v) is 12.7. The zero-order valence-electron chi connectivity index (χ0n) is 21.3. The Morgan fingerprint density at radius 2 is 1.67 bits per heavy atom. The second kappa shape index (κ2) is 11.4. The first-order valence-electron chi connectivity index (χ1n) is 12.1. The van der Waals surface area contributed by atoms with Gasteiger partial charge < -0.3 is 9.80 Å². The summed E-state index contributed by atoms with van der Waals surface area (Å²) in [5.41, 5.74) is -0.134. The molecule has 2 aromatic carbocycles. The molecule has 0 bridgehead atoms. The quantitative estimate of drug-likeness (QED) is 0.459. The molecule has 0 radical (unpaired) electrons. The van der Waals surface area contributed by atoms with Crippen LogP contribution in [0.25, 0.3) is 0 Å². The average molecular weight is 611 g/mol. The summed E-state index contributed by atoms with van der Waals surface area (Å²) >= 11 is 12.4. The maximum Gasteiger partial charge on any atom is 0.419 e. The molecule has 4 rings (SSSR count). The van der Waals surface area contributed by atoms with E-state index in [2.05, 4.69) is 0 Å². The van der Waals surface area contributed by atoms with Gasteiger partial charge in [0, 0.05) is 57.8 Å². The van der Waals surface area contributed by atoms with Gasteiger partial charge in [-0.2, -0.15) is 17.5 Å². The van der Waals surface area contributed by atoms with Crippen molar-refractivity contribution in [2.45, 2.75) is 24.7 Å². The summed E-state index contributed by atoms with van der Waals surface area (Å²) in [6.45, 7) is 1.70. The van der Waals surface area contributed by atoms with Crippen molar-refractivity contribution in [1.29, 1.82) is 0 Å². The van der Waals surface area contributed by atoms with Gasteiger partial charge in [0.25, 0.3) is 0 Å². The van der Waals surface area contributed by atoms with E-state index in [4.69, 9.17) is 23.2 Å². The number of nitrogens with zero attached hydrogens (tertiary/aromatic N) is 4. The molecular formula is C25H28Cl2F4N4O3S. The molecule has 39 heavy (non-hydrogen) atoms. The van der Waals surface area contributed by atoms with E-state index < -0.39 is 27.6 Å².